The van der Waals surface area contributed by atoms with Gasteiger partial charge in [0, 0.05) is 36.6 Å². The van der Waals surface area contributed by atoms with Gasteiger partial charge in [-0.2, -0.15) is 10.5 Å². The van der Waals surface area contributed by atoms with E-state index in [-0.39, 0.29) is 5.78 Å². The highest BCUT2D eigenvalue weighted by atomic mass is 16.1. The lowest BCUT2D eigenvalue weighted by molar-refractivity contribution is -0.113. The predicted molar refractivity (Wildman–Crippen MR) is 109 cm³/mol. The molecule has 142 valence electrons. The fourth-order valence-corrected chi connectivity index (χ4v) is 3.79. The highest BCUT2D eigenvalue weighted by Gasteiger charge is 2.26. The highest BCUT2D eigenvalue weighted by Crippen LogP contribution is 2.33. The molecule has 1 unspecified atom stereocenters. The second-order valence-electron chi connectivity index (χ2n) is 7.66. The first-order valence-corrected chi connectivity index (χ1v) is 9.35. The first kappa shape index (κ1) is 19.5. The molecule has 0 radical (unpaired) electrons. The fourth-order valence-electron chi connectivity index (χ4n) is 3.79. The average Bonchev–Trinajstić information content (AvgIpc) is 3.10. The topological polar surface area (TPSA) is 74.5 Å². The Balaban J connectivity index is 2.02. The maximum Gasteiger partial charge on any atom is 0.185 e. The minimum atomic E-state index is 0.0571. The maximum absolute atomic E-state index is 13.1. The van der Waals surface area contributed by atoms with E-state index in [1.54, 1.807) is 0 Å². The Bertz CT molecular complexity index is 1020. The van der Waals surface area contributed by atoms with Gasteiger partial charge in [0.15, 0.2) is 5.78 Å². The normalized spacial score (nSPS) is 19.8. The third kappa shape index (κ3) is 3.32. The Morgan fingerprint density at radius 3 is 1.64 bits per heavy atom. The predicted octanol–water partition coefficient (Wildman–Crippen LogP) is 4.19. The number of nitrogens with zero attached hydrogens (tertiary/aromatic N) is 4. The van der Waals surface area contributed by atoms with Crippen molar-refractivity contribution in [3.05, 3.63) is 57.2 Å². The molecule has 5 heteroatoms. The van der Waals surface area contributed by atoms with Gasteiger partial charge in [0.1, 0.15) is 23.5 Å². The van der Waals surface area contributed by atoms with Crippen LogP contribution in [0.25, 0.3) is 12.2 Å². The maximum atomic E-state index is 13.1. The van der Waals surface area contributed by atoms with E-state index in [1.165, 1.54) is 0 Å². The quantitative estimate of drug-likeness (QED) is 0.742. The van der Waals surface area contributed by atoms with Gasteiger partial charge in [0.2, 0.25) is 0 Å². The van der Waals surface area contributed by atoms with Crippen LogP contribution in [0.4, 0.5) is 0 Å². The molecule has 2 aromatic heterocycles. The summed E-state index contributed by atoms with van der Waals surface area (Å²) in [5.74, 6) is 0.413. The number of aromatic nitrogens is 2. The Labute approximate surface area is 165 Å². The molecule has 0 aromatic carbocycles. The molecule has 5 nitrogen and oxygen atoms in total. The third-order valence-electron chi connectivity index (χ3n) is 5.76. The Hall–Kier alpha value is -3.31. The van der Waals surface area contributed by atoms with E-state index in [0.717, 1.165) is 46.5 Å². The molecule has 1 fully saturated rings. The average molecular weight is 372 g/mol. The second kappa shape index (κ2) is 7.37. The van der Waals surface area contributed by atoms with Crippen molar-refractivity contribution in [2.75, 3.05) is 0 Å². The van der Waals surface area contributed by atoms with Crippen molar-refractivity contribution in [1.82, 2.24) is 9.13 Å². The van der Waals surface area contributed by atoms with Crippen LogP contribution in [0, 0.1) is 42.4 Å². The monoisotopic (exact) mass is 372 g/mol. The minimum Gasteiger partial charge on any atom is -0.339 e. The van der Waals surface area contributed by atoms with Gasteiger partial charge < -0.3 is 9.13 Å². The summed E-state index contributed by atoms with van der Waals surface area (Å²) in [5, 5.41) is 18.5. The SMILES string of the molecule is Cc1c(C=C2CC(C)C/C(=C/c3cc(C#N)n(C)c3C)C2=O)cc(C#N)n1C. The van der Waals surface area contributed by atoms with E-state index < -0.39 is 0 Å². The molecule has 0 saturated heterocycles. The van der Waals surface area contributed by atoms with E-state index in [4.69, 9.17) is 0 Å². The van der Waals surface area contributed by atoms with Crippen molar-refractivity contribution in [1.29, 1.82) is 10.5 Å². The molecule has 1 saturated carbocycles. The number of carbonyl (C=O) groups excluding carboxylic acids is 1. The van der Waals surface area contributed by atoms with Gasteiger partial charge >= 0.3 is 0 Å². The lowest BCUT2D eigenvalue weighted by atomic mass is 9.81. The highest BCUT2D eigenvalue weighted by molar-refractivity contribution is 6.14. The number of Topliss-reactive ketones (excluding diaryl/α,β-unsaturated/α-hetero) is 1. The minimum absolute atomic E-state index is 0.0571. The van der Waals surface area contributed by atoms with Gasteiger partial charge in [-0.1, -0.05) is 6.92 Å². The van der Waals surface area contributed by atoms with Gasteiger partial charge in [0.05, 0.1) is 0 Å². The summed E-state index contributed by atoms with van der Waals surface area (Å²) >= 11 is 0. The molecule has 0 aliphatic heterocycles. The number of allylic oxidation sites excluding steroid dienone is 2. The molecule has 1 aliphatic rings. The van der Waals surface area contributed by atoms with Crippen molar-refractivity contribution in [2.24, 2.45) is 20.0 Å². The zero-order valence-corrected chi connectivity index (χ0v) is 17.0. The van der Waals surface area contributed by atoms with Crippen LogP contribution in [0.2, 0.25) is 0 Å². The number of hydrogen-bond acceptors (Lipinski definition) is 3. The van der Waals surface area contributed by atoms with Crippen LogP contribution in [0.5, 0.6) is 0 Å². The molecule has 0 bridgehead atoms. The first-order valence-electron chi connectivity index (χ1n) is 9.35. The first-order chi connectivity index (χ1) is 13.3. The summed E-state index contributed by atoms with van der Waals surface area (Å²) in [6, 6.07) is 8.03. The van der Waals surface area contributed by atoms with Gasteiger partial charge in [-0.3, -0.25) is 4.79 Å². The molecule has 0 N–H and O–H groups in total. The van der Waals surface area contributed by atoms with E-state index in [1.807, 2.05) is 61.4 Å². The van der Waals surface area contributed by atoms with Crippen LogP contribution in [0.1, 0.15) is 53.7 Å². The molecule has 0 amide bonds. The fraction of sp³-hybridized carbons (Fsp3) is 0.348. The van der Waals surface area contributed by atoms with E-state index in [0.29, 0.717) is 17.3 Å². The van der Waals surface area contributed by atoms with Crippen molar-refractivity contribution >= 4 is 17.9 Å². The summed E-state index contributed by atoms with van der Waals surface area (Å²) in [6.45, 7) is 6.06. The zero-order valence-electron chi connectivity index (χ0n) is 17.0. The molecule has 2 heterocycles. The largest absolute Gasteiger partial charge is 0.339 e. The van der Waals surface area contributed by atoms with Crippen LogP contribution >= 0.6 is 0 Å². The molecule has 0 spiro atoms. The number of rotatable bonds is 2. The molecule has 2 aromatic rings. The Morgan fingerprint density at radius 1 is 0.929 bits per heavy atom. The third-order valence-corrected chi connectivity index (χ3v) is 5.76. The molecular weight excluding hydrogens is 348 g/mol. The van der Waals surface area contributed by atoms with Crippen LogP contribution < -0.4 is 0 Å². The van der Waals surface area contributed by atoms with Crippen LogP contribution in [-0.4, -0.2) is 14.9 Å². The Morgan fingerprint density at radius 2 is 1.32 bits per heavy atom. The van der Waals surface area contributed by atoms with Crippen molar-refractivity contribution in [2.45, 2.75) is 33.6 Å². The molecule has 3 rings (SSSR count). The number of carbonyl (C=O) groups is 1. The number of ketones is 1. The van der Waals surface area contributed by atoms with Crippen molar-refractivity contribution < 1.29 is 4.79 Å². The van der Waals surface area contributed by atoms with Crippen LogP contribution in [-0.2, 0) is 18.9 Å². The summed E-state index contributed by atoms with van der Waals surface area (Å²) in [7, 11) is 3.72. The van der Waals surface area contributed by atoms with E-state index >= 15 is 0 Å². The number of nitriles is 2. The van der Waals surface area contributed by atoms with Crippen LogP contribution in [0.15, 0.2) is 23.3 Å². The summed E-state index contributed by atoms with van der Waals surface area (Å²) in [4.78, 5) is 13.1. The van der Waals surface area contributed by atoms with Gasteiger partial charge in [-0.05, 0) is 68.0 Å². The van der Waals surface area contributed by atoms with E-state index in [9.17, 15) is 15.3 Å². The lowest BCUT2D eigenvalue weighted by Crippen LogP contribution is -2.18. The van der Waals surface area contributed by atoms with Gasteiger partial charge in [-0.15, -0.1) is 0 Å². The van der Waals surface area contributed by atoms with Crippen molar-refractivity contribution in [3.63, 3.8) is 0 Å². The standard InChI is InChI=1S/C23H24N4O/c1-14-6-19(8-17-10-21(12-24)26(4)15(17)2)23(28)20(7-14)9-18-11-22(13-25)27(5)16(18)3/h8-11,14H,6-7H2,1-5H3/b19-8-,20-9?. The molecule has 1 aliphatic carbocycles. The summed E-state index contributed by atoms with van der Waals surface area (Å²) in [5.41, 5.74) is 6.49. The molecular formula is C23H24N4O. The Kier molecular flexibility index (Phi) is 5.12. The van der Waals surface area contributed by atoms with Gasteiger partial charge in [-0.25, -0.2) is 0 Å². The van der Waals surface area contributed by atoms with E-state index in [2.05, 4.69) is 19.1 Å². The van der Waals surface area contributed by atoms with Gasteiger partial charge in [0.25, 0.3) is 0 Å². The van der Waals surface area contributed by atoms with Crippen molar-refractivity contribution in [3.8, 4) is 12.1 Å². The smallest absolute Gasteiger partial charge is 0.185 e. The molecule has 28 heavy (non-hydrogen) atoms. The second-order valence-corrected chi connectivity index (χ2v) is 7.66. The van der Waals surface area contributed by atoms with Crippen LogP contribution in [0.3, 0.4) is 0 Å². The summed E-state index contributed by atoms with van der Waals surface area (Å²) in [6.07, 6.45) is 5.31. The lowest BCUT2D eigenvalue weighted by Gasteiger charge is -2.22. The number of hydrogen-bond donors (Lipinski definition) is 0. The molecule has 1 atom stereocenters. The summed E-state index contributed by atoms with van der Waals surface area (Å²) < 4.78 is 3.69. The zero-order chi connectivity index (χ0) is 20.6.